The molecule has 2 aliphatic carbocycles. The molecular formula is C16H25NS. The first-order valence-electron chi connectivity index (χ1n) is 7.21. The number of hydrogen-bond acceptors (Lipinski definition) is 2. The average Bonchev–Trinajstić information content (AvgIpc) is 2.58. The van der Waals surface area contributed by atoms with Crippen LogP contribution in [0.3, 0.4) is 0 Å². The van der Waals surface area contributed by atoms with Crippen LogP contribution >= 0.6 is 11.8 Å². The summed E-state index contributed by atoms with van der Waals surface area (Å²) in [5.41, 5.74) is 1.88. The van der Waals surface area contributed by atoms with Gasteiger partial charge >= 0.3 is 0 Å². The number of hydrogen-bond donors (Lipinski definition) is 0. The highest BCUT2D eigenvalue weighted by molar-refractivity contribution is 8.04. The molecule has 0 aliphatic heterocycles. The van der Waals surface area contributed by atoms with Gasteiger partial charge in [-0.2, -0.15) is 5.26 Å². The summed E-state index contributed by atoms with van der Waals surface area (Å²) >= 11 is 1.53. The number of fused-ring (bicyclic) bond motifs is 1. The van der Waals surface area contributed by atoms with Crippen LogP contribution in [0.1, 0.15) is 53.4 Å². The maximum Gasteiger partial charge on any atom is 0.133 e. The Hall–Kier alpha value is -0.420. The summed E-state index contributed by atoms with van der Waals surface area (Å²) in [4.78, 5) is 0. The largest absolute Gasteiger partial charge is 0.185 e. The fraction of sp³-hybridized carbons (Fsp3) is 0.812. The van der Waals surface area contributed by atoms with Gasteiger partial charge in [-0.1, -0.05) is 32.4 Å². The predicted molar refractivity (Wildman–Crippen MR) is 79.1 cm³/mol. The Bertz CT molecular complexity index is 379. The van der Waals surface area contributed by atoms with E-state index in [1.807, 2.05) is 0 Å². The van der Waals surface area contributed by atoms with Crippen LogP contribution in [0.4, 0.5) is 0 Å². The highest BCUT2D eigenvalue weighted by Crippen LogP contribution is 2.57. The number of thioether (sulfide) groups is 1. The molecule has 2 aliphatic rings. The van der Waals surface area contributed by atoms with Crippen molar-refractivity contribution >= 4 is 11.8 Å². The lowest BCUT2D eigenvalue weighted by molar-refractivity contribution is 0.208. The van der Waals surface area contributed by atoms with E-state index in [0.29, 0.717) is 16.6 Å². The van der Waals surface area contributed by atoms with Crippen LogP contribution in [-0.4, -0.2) is 5.25 Å². The van der Waals surface area contributed by atoms with Crippen molar-refractivity contribution in [2.75, 3.05) is 0 Å². The minimum absolute atomic E-state index is 0.340. The lowest BCUT2D eigenvalue weighted by Gasteiger charge is -2.37. The summed E-state index contributed by atoms with van der Waals surface area (Å²) in [6.07, 6.45) is 7.54. The molecule has 0 amide bonds. The number of nitrogens with zero attached hydrogens (tertiary/aromatic N) is 1. The van der Waals surface area contributed by atoms with Crippen LogP contribution in [0.25, 0.3) is 0 Å². The van der Waals surface area contributed by atoms with Crippen molar-refractivity contribution in [3.8, 4) is 5.40 Å². The SMILES string of the molecule is CC1=C[C@H]2[C@H](C(C)C)CC[C@]2(C)[C@@H](SC#N)CC1. The molecule has 0 aromatic carbocycles. The fourth-order valence-electron chi connectivity index (χ4n) is 4.09. The molecule has 2 heteroatoms. The Labute approximate surface area is 116 Å². The fourth-order valence-corrected chi connectivity index (χ4v) is 4.99. The van der Waals surface area contributed by atoms with Crippen molar-refractivity contribution in [1.29, 1.82) is 5.26 Å². The molecule has 4 atom stereocenters. The van der Waals surface area contributed by atoms with E-state index in [0.717, 1.165) is 11.8 Å². The molecular weight excluding hydrogens is 238 g/mol. The standard InChI is InChI=1S/C16H25NS/c1-11(2)13-7-8-16(4)14(13)9-12(3)5-6-15(16)18-10-17/h9,11,13-15H,5-8H2,1-4H3/t13-,14-,15-,16-/m0/s1. The quantitative estimate of drug-likeness (QED) is 0.517. The highest BCUT2D eigenvalue weighted by Gasteiger charge is 2.50. The van der Waals surface area contributed by atoms with Crippen molar-refractivity contribution in [3.63, 3.8) is 0 Å². The van der Waals surface area contributed by atoms with E-state index in [4.69, 9.17) is 5.26 Å². The molecule has 0 saturated heterocycles. The van der Waals surface area contributed by atoms with Crippen LogP contribution in [0.15, 0.2) is 11.6 Å². The van der Waals surface area contributed by atoms with Gasteiger partial charge in [0.25, 0.3) is 0 Å². The van der Waals surface area contributed by atoms with E-state index in [1.165, 1.54) is 37.4 Å². The predicted octanol–water partition coefficient (Wildman–Crippen LogP) is 5.00. The van der Waals surface area contributed by atoms with Crippen LogP contribution in [0.2, 0.25) is 0 Å². The first-order valence-corrected chi connectivity index (χ1v) is 8.09. The van der Waals surface area contributed by atoms with E-state index in [9.17, 15) is 0 Å². The van der Waals surface area contributed by atoms with Gasteiger partial charge in [-0.25, -0.2) is 0 Å². The van der Waals surface area contributed by atoms with E-state index in [1.54, 1.807) is 5.57 Å². The second kappa shape index (κ2) is 5.29. The second-order valence-electron chi connectivity index (χ2n) is 6.73. The van der Waals surface area contributed by atoms with Crippen LogP contribution < -0.4 is 0 Å². The topological polar surface area (TPSA) is 23.8 Å². The van der Waals surface area contributed by atoms with E-state index < -0.39 is 0 Å². The van der Waals surface area contributed by atoms with Gasteiger partial charge < -0.3 is 0 Å². The molecule has 1 fully saturated rings. The summed E-state index contributed by atoms with van der Waals surface area (Å²) in [5, 5.41) is 12.0. The lowest BCUT2D eigenvalue weighted by atomic mass is 9.72. The van der Waals surface area contributed by atoms with Crippen molar-refractivity contribution in [2.45, 2.75) is 58.6 Å². The van der Waals surface area contributed by atoms with Crippen LogP contribution in [0.5, 0.6) is 0 Å². The highest BCUT2D eigenvalue weighted by atomic mass is 32.2. The maximum atomic E-state index is 9.08. The summed E-state index contributed by atoms with van der Waals surface area (Å²) in [5.74, 6) is 2.25. The molecule has 0 spiro atoms. The number of rotatable bonds is 2. The number of nitriles is 1. The molecule has 0 aromatic heterocycles. The maximum absolute atomic E-state index is 9.08. The molecule has 0 unspecified atom stereocenters. The van der Waals surface area contributed by atoms with Gasteiger partial charge in [0.05, 0.1) is 0 Å². The molecule has 0 N–H and O–H groups in total. The number of allylic oxidation sites excluding steroid dienone is 2. The minimum atomic E-state index is 0.340. The third-order valence-corrected chi connectivity index (χ3v) is 6.45. The normalized spacial score (nSPS) is 40.0. The molecule has 0 heterocycles. The third-order valence-electron chi connectivity index (χ3n) is 5.29. The number of thiocyanates is 1. The zero-order chi connectivity index (χ0) is 13.3. The van der Waals surface area contributed by atoms with Gasteiger partial charge in [0.1, 0.15) is 5.40 Å². The molecule has 0 radical (unpaired) electrons. The third kappa shape index (κ3) is 2.35. The molecule has 2 rings (SSSR count). The zero-order valence-corrected chi connectivity index (χ0v) is 12.9. The summed E-state index contributed by atoms with van der Waals surface area (Å²) in [6, 6.07) is 0. The second-order valence-corrected chi connectivity index (χ2v) is 7.71. The first-order chi connectivity index (χ1) is 8.49. The Kier molecular flexibility index (Phi) is 4.11. The molecule has 100 valence electrons. The molecule has 0 aromatic rings. The van der Waals surface area contributed by atoms with Crippen molar-refractivity contribution in [2.24, 2.45) is 23.2 Å². The van der Waals surface area contributed by atoms with Crippen molar-refractivity contribution in [1.82, 2.24) is 0 Å². The monoisotopic (exact) mass is 263 g/mol. The van der Waals surface area contributed by atoms with E-state index >= 15 is 0 Å². The van der Waals surface area contributed by atoms with Gasteiger partial charge in [-0.3, -0.25) is 0 Å². The van der Waals surface area contributed by atoms with Gasteiger partial charge in [0.15, 0.2) is 0 Å². The Morgan fingerprint density at radius 2 is 2.17 bits per heavy atom. The van der Waals surface area contributed by atoms with Crippen LogP contribution in [0, 0.1) is 33.8 Å². The van der Waals surface area contributed by atoms with Gasteiger partial charge in [0.2, 0.25) is 0 Å². The Morgan fingerprint density at radius 1 is 1.44 bits per heavy atom. The van der Waals surface area contributed by atoms with Gasteiger partial charge in [0, 0.05) is 5.25 Å². The molecule has 1 saturated carbocycles. The molecule has 18 heavy (non-hydrogen) atoms. The summed E-state index contributed by atoms with van der Waals surface area (Å²) < 4.78 is 0. The van der Waals surface area contributed by atoms with Crippen molar-refractivity contribution < 1.29 is 0 Å². The van der Waals surface area contributed by atoms with E-state index in [2.05, 4.69) is 39.2 Å². The summed E-state index contributed by atoms with van der Waals surface area (Å²) in [6.45, 7) is 9.42. The first kappa shape index (κ1) is 14.0. The summed E-state index contributed by atoms with van der Waals surface area (Å²) in [7, 11) is 0. The van der Waals surface area contributed by atoms with Gasteiger partial charge in [-0.05, 0) is 67.5 Å². The van der Waals surface area contributed by atoms with Gasteiger partial charge in [-0.15, -0.1) is 0 Å². The van der Waals surface area contributed by atoms with Crippen molar-refractivity contribution in [3.05, 3.63) is 11.6 Å². The zero-order valence-electron chi connectivity index (χ0n) is 12.1. The lowest BCUT2D eigenvalue weighted by Crippen LogP contribution is -2.34. The smallest absolute Gasteiger partial charge is 0.133 e. The van der Waals surface area contributed by atoms with E-state index in [-0.39, 0.29) is 0 Å². The molecule has 0 bridgehead atoms. The minimum Gasteiger partial charge on any atom is -0.185 e. The van der Waals surface area contributed by atoms with Crippen LogP contribution in [-0.2, 0) is 0 Å². The average molecular weight is 263 g/mol. The Balaban J connectivity index is 2.34. The Morgan fingerprint density at radius 3 is 2.78 bits per heavy atom. The molecule has 1 nitrogen and oxygen atoms in total.